The van der Waals surface area contributed by atoms with Gasteiger partial charge in [-0.1, -0.05) is 19.1 Å². The van der Waals surface area contributed by atoms with E-state index in [1.807, 2.05) is 12.1 Å². The minimum atomic E-state index is -0.290. The van der Waals surface area contributed by atoms with Gasteiger partial charge in [-0.15, -0.1) is 11.3 Å². The molecule has 8 heteroatoms. The summed E-state index contributed by atoms with van der Waals surface area (Å²) in [4.78, 5) is 18.3. The lowest BCUT2D eigenvalue weighted by Gasteiger charge is -2.36. The summed E-state index contributed by atoms with van der Waals surface area (Å²) < 4.78 is 18.2. The number of halogens is 1. The molecule has 1 aliphatic heterocycles. The van der Waals surface area contributed by atoms with Crippen molar-refractivity contribution in [1.82, 2.24) is 9.80 Å². The number of esters is 1. The second kappa shape index (κ2) is 9.63. The van der Waals surface area contributed by atoms with E-state index in [1.165, 1.54) is 24.1 Å². The standard InChI is InChI=1S/C23H28FN3O2S2/c1-15-3-8-18-19(13-15)31-21(20(18)22(28)29-2)25-23(30)27-11-9-26(10-12-27)14-16-4-6-17(24)7-5-16/h4-7,15H,3,8-14H2,1-2H3,(H,25,30). The van der Waals surface area contributed by atoms with Crippen LogP contribution in [-0.2, 0) is 24.1 Å². The molecule has 1 N–H and O–H groups in total. The third kappa shape index (κ3) is 5.07. The third-order valence-corrected chi connectivity index (χ3v) is 7.63. The number of hydrogen-bond donors (Lipinski definition) is 1. The van der Waals surface area contributed by atoms with Crippen LogP contribution < -0.4 is 5.32 Å². The van der Waals surface area contributed by atoms with Gasteiger partial charge in [-0.3, -0.25) is 4.90 Å². The number of anilines is 1. The lowest BCUT2D eigenvalue weighted by atomic mass is 9.88. The summed E-state index contributed by atoms with van der Waals surface area (Å²) in [6.45, 7) is 6.43. The largest absolute Gasteiger partial charge is 0.465 e. The predicted octanol–water partition coefficient (Wildman–Crippen LogP) is 4.31. The lowest BCUT2D eigenvalue weighted by molar-refractivity contribution is 0.0601. The summed E-state index contributed by atoms with van der Waals surface area (Å²) in [5, 5.41) is 4.81. The Bertz CT molecular complexity index is 952. The SMILES string of the molecule is COC(=O)c1c(NC(=S)N2CCN(Cc3ccc(F)cc3)CC2)sc2c1CCC(C)C2. The number of benzene rings is 1. The third-order valence-electron chi connectivity index (χ3n) is 6.10. The fourth-order valence-corrected chi connectivity index (χ4v) is 6.04. The number of rotatable bonds is 4. The molecule has 2 aromatic rings. The van der Waals surface area contributed by atoms with Gasteiger partial charge >= 0.3 is 5.97 Å². The first kappa shape index (κ1) is 22.2. The van der Waals surface area contributed by atoms with E-state index in [0.717, 1.165) is 68.1 Å². The average Bonchev–Trinajstić information content (AvgIpc) is 3.12. The summed E-state index contributed by atoms with van der Waals surface area (Å²) in [7, 11) is 1.43. The van der Waals surface area contributed by atoms with Crippen LogP contribution in [0, 0.1) is 11.7 Å². The van der Waals surface area contributed by atoms with Gasteiger partial charge in [0.15, 0.2) is 5.11 Å². The molecule has 1 saturated heterocycles. The van der Waals surface area contributed by atoms with E-state index in [2.05, 4.69) is 22.0 Å². The molecule has 1 aromatic carbocycles. The molecule has 2 heterocycles. The summed E-state index contributed by atoms with van der Waals surface area (Å²) in [5.41, 5.74) is 2.90. The minimum absolute atomic E-state index is 0.207. The molecule has 1 aromatic heterocycles. The highest BCUT2D eigenvalue weighted by atomic mass is 32.1. The number of nitrogens with zero attached hydrogens (tertiary/aromatic N) is 2. The Labute approximate surface area is 192 Å². The van der Waals surface area contributed by atoms with E-state index < -0.39 is 0 Å². The van der Waals surface area contributed by atoms with Crippen LogP contribution in [0.15, 0.2) is 24.3 Å². The molecule has 0 saturated carbocycles. The molecule has 166 valence electrons. The molecular weight excluding hydrogens is 433 g/mol. The monoisotopic (exact) mass is 461 g/mol. The van der Waals surface area contributed by atoms with Crippen LogP contribution in [0.1, 0.15) is 39.7 Å². The fraction of sp³-hybridized carbons (Fsp3) is 0.478. The zero-order chi connectivity index (χ0) is 22.0. The number of methoxy groups -OCH3 is 1. The molecule has 1 unspecified atom stereocenters. The van der Waals surface area contributed by atoms with Crippen molar-refractivity contribution in [2.45, 2.75) is 32.7 Å². The lowest BCUT2D eigenvalue weighted by Crippen LogP contribution is -2.49. The van der Waals surface area contributed by atoms with Gasteiger partial charge in [-0.2, -0.15) is 0 Å². The van der Waals surface area contributed by atoms with Crippen molar-refractivity contribution in [2.75, 3.05) is 38.6 Å². The Morgan fingerprint density at radius 1 is 1.26 bits per heavy atom. The van der Waals surface area contributed by atoms with Gasteiger partial charge < -0.3 is 15.0 Å². The van der Waals surface area contributed by atoms with Gasteiger partial charge in [0.05, 0.1) is 12.7 Å². The van der Waals surface area contributed by atoms with Crippen molar-refractivity contribution < 1.29 is 13.9 Å². The molecule has 5 nitrogen and oxygen atoms in total. The van der Waals surface area contributed by atoms with Gasteiger partial charge in [-0.25, -0.2) is 9.18 Å². The van der Waals surface area contributed by atoms with Gasteiger partial charge in [0, 0.05) is 37.6 Å². The molecule has 0 amide bonds. The molecule has 0 radical (unpaired) electrons. The first-order valence-electron chi connectivity index (χ1n) is 10.7. The quantitative estimate of drug-likeness (QED) is 0.541. The highest BCUT2D eigenvalue weighted by Crippen LogP contribution is 2.40. The Morgan fingerprint density at radius 3 is 2.65 bits per heavy atom. The molecular formula is C23H28FN3O2S2. The van der Waals surface area contributed by atoms with Gasteiger partial charge in [-0.05, 0) is 60.7 Å². The predicted molar refractivity (Wildman–Crippen MR) is 126 cm³/mol. The van der Waals surface area contributed by atoms with Crippen LogP contribution in [-0.4, -0.2) is 54.2 Å². The zero-order valence-electron chi connectivity index (χ0n) is 17.9. The second-order valence-electron chi connectivity index (χ2n) is 8.37. The molecule has 1 aliphatic carbocycles. The van der Waals surface area contributed by atoms with E-state index in [4.69, 9.17) is 17.0 Å². The first-order valence-corrected chi connectivity index (χ1v) is 11.9. The molecule has 0 bridgehead atoms. The Balaban J connectivity index is 1.39. The number of hydrogen-bond acceptors (Lipinski definition) is 5. The fourth-order valence-electron chi connectivity index (χ4n) is 4.29. The van der Waals surface area contributed by atoms with Crippen molar-refractivity contribution in [3.8, 4) is 0 Å². The summed E-state index contributed by atoms with van der Waals surface area (Å²) in [5.74, 6) is 0.133. The maximum atomic E-state index is 13.1. The topological polar surface area (TPSA) is 44.8 Å². The Morgan fingerprint density at radius 2 is 1.97 bits per heavy atom. The highest BCUT2D eigenvalue weighted by Gasteiger charge is 2.29. The molecule has 1 fully saturated rings. The van der Waals surface area contributed by atoms with E-state index >= 15 is 0 Å². The number of nitrogens with one attached hydrogen (secondary N) is 1. The number of thiocarbonyl (C=S) groups is 1. The average molecular weight is 462 g/mol. The van der Waals surface area contributed by atoms with E-state index in [0.29, 0.717) is 16.6 Å². The first-order chi connectivity index (χ1) is 14.9. The van der Waals surface area contributed by atoms with Crippen LogP contribution in [0.3, 0.4) is 0 Å². The number of carbonyl (C=O) groups is 1. The number of fused-ring (bicyclic) bond motifs is 1. The number of carbonyl (C=O) groups excluding carboxylic acids is 1. The molecule has 0 spiro atoms. The van der Waals surface area contributed by atoms with Crippen LogP contribution in [0.2, 0.25) is 0 Å². The number of piperazine rings is 1. The Kier molecular flexibility index (Phi) is 6.89. The summed E-state index contributed by atoms with van der Waals surface area (Å²) in [6, 6.07) is 6.68. The van der Waals surface area contributed by atoms with E-state index in [9.17, 15) is 9.18 Å². The number of ether oxygens (including phenoxy) is 1. The van der Waals surface area contributed by atoms with Crippen molar-refractivity contribution in [2.24, 2.45) is 5.92 Å². The van der Waals surface area contributed by atoms with Gasteiger partial charge in [0.25, 0.3) is 0 Å². The van der Waals surface area contributed by atoms with Crippen LogP contribution >= 0.6 is 23.6 Å². The molecule has 4 rings (SSSR count). The number of thiophene rings is 1. The van der Waals surface area contributed by atoms with Gasteiger partial charge in [0.1, 0.15) is 10.8 Å². The second-order valence-corrected chi connectivity index (χ2v) is 9.86. The van der Waals surface area contributed by atoms with E-state index in [1.54, 1.807) is 11.3 Å². The maximum absolute atomic E-state index is 13.1. The van der Waals surface area contributed by atoms with E-state index in [-0.39, 0.29) is 11.8 Å². The Hall–Kier alpha value is -2.03. The maximum Gasteiger partial charge on any atom is 0.341 e. The highest BCUT2D eigenvalue weighted by molar-refractivity contribution is 7.80. The smallest absolute Gasteiger partial charge is 0.341 e. The van der Waals surface area contributed by atoms with Crippen LogP contribution in [0.4, 0.5) is 9.39 Å². The molecule has 31 heavy (non-hydrogen) atoms. The van der Waals surface area contributed by atoms with Gasteiger partial charge in [0.2, 0.25) is 0 Å². The summed E-state index contributed by atoms with van der Waals surface area (Å²) >= 11 is 7.33. The minimum Gasteiger partial charge on any atom is -0.465 e. The van der Waals surface area contributed by atoms with Crippen molar-refractivity contribution in [1.29, 1.82) is 0 Å². The van der Waals surface area contributed by atoms with Crippen molar-refractivity contribution in [3.05, 3.63) is 51.7 Å². The zero-order valence-corrected chi connectivity index (χ0v) is 19.6. The summed E-state index contributed by atoms with van der Waals surface area (Å²) in [6.07, 6.45) is 3.00. The van der Waals surface area contributed by atoms with Crippen LogP contribution in [0.25, 0.3) is 0 Å². The molecule has 2 aliphatic rings. The van der Waals surface area contributed by atoms with Crippen molar-refractivity contribution in [3.63, 3.8) is 0 Å². The molecule has 1 atom stereocenters. The normalized spacial score (nSPS) is 19.1. The van der Waals surface area contributed by atoms with Crippen LogP contribution in [0.5, 0.6) is 0 Å². The van der Waals surface area contributed by atoms with Crippen molar-refractivity contribution >= 4 is 39.6 Å².